The number of nitrogens with zero attached hydrogens (tertiary/aromatic N) is 2. The Kier molecular flexibility index (Phi) is 4.02. The second kappa shape index (κ2) is 6.26. The molecule has 0 amide bonds. The van der Waals surface area contributed by atoms with Crippen molar-refractivity contribution in [2.45, 2.75) is 25.2 Å². The maximum Gasteiger partial charge on any atom is 0.332 e. The summed E-state index contributed by atoms with van der Waals surface area (Å²) in [6.45, 7) is 0. The fourth-order valence-corrected chi connectivity index (χ4v) is 4.05. The van der Waals surface area contributed by atoms with Gasteiger partial charge in [-0.15, -0.1) is 0 Å². The number of carbonyl (C=O) groups is 1. The minimum Gasteiger partial charge on any atom is -0.497 e. The molecule has 1 aromatic heterocycles. The number of anilines is 1. The summed E-state index contributed by atoms with van der Waals surface area (Å²) in [5.41, 5.74) is 1.85. The number of carbonyl (C=O) groups excluding carboxylic acids is 1. The van der Waals surface area contributed by atoms with Gasteiger partial charge in [-0.3, -0.25) is 18.7 Å². The number of methoxy groups -OCH3 is 1. The average molecular weight is 367 g/mol. The summed E-state index contributed by atoms with van der Waals surface area (Å²) >= 11 is 0. The summed E-state index contributed by atoms with van der Waals surface area (Å²) in [5.74, 6) is 0.631. The number of nitrogens with one attached hydrogen (secondary N) is 1. The van der Waals surface area contributed by atoms with Crippen LogP contribution in [0.2, 0.25) is 0 Å². The van der Waals surface area contributed by atoms with E-state index >= 15 is 0 Å². The van der Waals surface area contributed by atoms with Crippen LogP contribution in [0.25, 0.3) is 0 Å². The van der Waals surface area contributed by atoms with E-state index in [-0.39, 0.29) is 5.78 Å². The monoisotopic (exact) mass is 367 g/mol. The molecule has 2 heterocycles. The maximum absolute atomic E-state index is 13.1. The molecule has 1 atom stereocenters. The Morgan fingerprint density at radius 1 is 1.11 bits per heavy atom. The number of allylic oxidation sites excluding steroid dienone is 2. The van der Waals surface area contributed by atoms with E-state index in [1.165, 1.54) is 11.6 Å². The number of rotatable bonds is 2. The normalized spacial score (nSPS) is 18.6. The first-order valence-electron chi connectivity index (χ1n) is 8.91. The fourth-order valence-electron chi connectivity index (χ4n) is 4.05. The number of hydrogen-bond donors (Lipinski definition) is 1. The van der Waals surface area contributed by atoms with E-state index in [4.69, 9.17) is 4.74 Å². The molecular formula is C20H21N3O4. The van der Waals surface area contributed by atoms with Crippen molar-refractivity contribution in [3.63, 3.8) is 0 Å². The van der Waals surface area contributed by atoms with Crippen LogP contribution < -0.4 is 21.3 Å². The standard InChI is InChI=1S/C20H21N3O4/c1-22-18-17(19(25)23(2)20(22)26)15(11-6-4-7-12(10-11)27-3)16-13(21-18)8-5-9-14(16)24/h4,6-7,10,15,21H,5,8-9H2,1-3H3. The van der Waals surface area contributed by atoms with Crippen LogP contribution in [0, 0.1) is 0 Å². The fraction of sp³-hybridized carbons (Fsp3) is 0.350. The van der Waals surface area contributed by atoms with Crippen LogP contribution in [0.3, 0.4) is 0 Å². The molecule has 2 aromatic rings. The maximum atomic E-state index is 13.1. The quantitative estimate of drug-likeness (QED) is 0.873. The third kappa shape index (κ3) is 2.53. The Morgan fingerprint density at radius 2 is 1.89 bits per heavy atom. The van der Waals surface area contributed by atoms with Gasteiger partial charge in [-0.05, 0) is 30.5 Å². The second-order valence-corrected chi connectivity index (χ2v) is 6.97. The molecule has 1 N–H and O–H groups in total. The molecule has 1 aliphatic heterocycles. The lowest BCUT2D eigenvalue weighted by molar-refractivity contribution is -0.116. The largest absolute Gasteiger partial charge is 0.497 e. The number of aromatic nitrogens is 2. The van der Waals surface area contributed by atoms with E-state index in [2.05, 4.69) is 5.32 Å². The SMILES string of the molecule is COc1cccc(C2C3=C(CCCC3=O)Nc3c2c(=O)n(C)c(=O)n3C)c1. The molecule has 27 heavy (non-hydrogen) atoms. The average Bonchev–Trinajstić information content (AvgIpc) is 2.69. The van der Waals surface area contributed by atoms with Gasteiger partial charge in [0.25, 0.3) is 5.56 Å². The van der Waals surface area contributed by atoms with Crippen molar-refractivity contribution < 1.29 is 9.53 Å². The van der Waals surface area contributed by atoms with Crippen molar-refractivity contribution in [3.05, 3.63) is 67.5 Å². The molecule has 0 spiro atoms. The first kappa shape index (κ1) is 17.3. The van der Waals surface area contributed by atoms with E-state index in [1.807, 2.05) is 24.3 Å². The van der Waals surface area contributed by atoms with Gasteiger partial charge in [0.15, 0.2) is 5.78 Å². The first-order valence-corrected chi connectivity index (χ1v) is 8.91. The van der Waals surface area contributed by atoms with Crippen molar-refractivity contribution in [3.8, 4) is 5.75 Å². The van der Waals surface area contributed by atoms with Gasteiger partial charge >= 0.3 is 5.69 Å². The zero-order valence-corrected chi connectivity index (χ0v) is 15.5. The van der Waals surface area contributed by atoms with Gasteiger partial charge in [0.1, 0.15) is 11.6 Å². The van der Waals surface area contributed by atoms with Crippen LogP contribution in [0.15, 0.2) is 45.1 Å². The van der Waals surface area contributed by atoms with E-state index < -0.39 is 17.2 Å². The predicted octanol–water partition coefficient (Wildman–Crippen LogP) is 1.66. The second-order valence-electron chi connectivity index (χ2n) is 6.97. The van der Waals surface area contributed by atoms with Gasteiger partial charge in [0.05, 0.1) is 12.7 Å². The van der Waals surface area contributed by atoms with Crippen LogP contribution >= 0.6 is 0 Å². The van der Waals surface area contributed by atoms with Gasteiger partial charge in [0.2, 0.25) is 0 Å². The van der Waals surface area contributed by atoms with Gasteiger partial charge < -0.3 is 10.1 Å². The van der Waals surface area contributed by atoms with Crippen LogP contribution in [0.5, 0.6) is 5.75 Å². The van der Waals surface area contributed by atoms with Gasteiger partial charge in [-0.25, -0.2) is 4.79 Å². The molecule has 4 rings (SSSR count). The molecule has 1 unspecified atom stereocenters. The first-order chi connectivity index (χ1) is 12.9. The number of ketones is 1. The van der Waals surface area contributed by atoms with Crippen molar-refractivity contribution in [1.82, 2.24) is 9.13 Å². The molecule has 1 aliphatic carbocycles. The molecular weight excluding hydrogens is 346 g/mol. The summed E-state index contributed by atoms with van der Waals surface area (Å²) < 4.78 is 7.87. The van der Waals surface area contributed by atoms with Gasteiger partial charge in [0, 0.05) is 37.7 Å². The molecule has 0 bridgehead atoms. The smallest absolute Gasteiger partial charge is 0.332 e. The third-order valence-corrected chi connectivity index (χ3v) is 5.43. The Balaban J connectivity index is 2.08. The predicted molar refractivity (Wildman–Crippen MR) is 101 cm³/mol. The van der Waals surface area contributed by atoms with Crippen LogP contribution in [0.1, 0.15) is 36.3 Å². The van der Waals surface area contributed by atoms with Crippen molar-refractivity contribution >= 4 is 11.6 Å². The van der Waals surface area contributed by atoms with Crippen LogP contribution in [-0.2, 0) is 18.9 Å². The highest BCUT2D eigenvalue weighted by atomic mass is 16.5. The molecule has 0 fully saturated rings. The lowest BCUT2D eigenvalue weighted by Gasteiger charge is -2.34. The van der Waals surface area contributed by atoms with Gasteiger partial charge in [-0.2, -0.15) is 0 Å². The summed E-state index contributed by atoms with van der Waals surface area (Å²) in [6, 6.07) is 7.40. The number of hydrogen-bond acceptors (Lipinski definition) is 5. The van der Waals surface area contributed by atoms with E-state index in [9.17, 15) is 14.4 Å². The van der Waals surface area contributed by atoms with E-state index in [0.29, 0.717) is 35.5 Å². The summed E-state index contributed by atoms with van der Waals surface area (Å²) in [7, 11) is 4.67. The number of ether oxygens (including phenoxy) is 1. The minimum atomic E-state index is -0.523. The lowest BCUT2D eigenvalue weighted by Crippen LogP contribution is -2.44. The number of benzene rings is 1. The van der Waals surface area contributed by atoms with E-state index in [0.717, 1.165) is 22.2 Å². The highest BCUT2D eigenvalue weighted by Gasteiger charge is 2.38. The van der Waals surface area contributed by atoms with Crippen molar-refractivity contribution in [1.29, 1.82) is 0 Å². The lowest BCUT2D eigenvalue weighted by atomic mass is 9.76. The molecule has 140 valence electrons. The zero-order chi connectivity index (χ0) is 19.3. The zero-order valence-electron chi connectivity index (χ0n) is 15.5. The summed E-state index contributed by atoms with van der Waals surface area (Å²) in [4.78, 5) is 38.3. The Morgan fingerprint density at radius 3 is 2.63 bits per heavy atom. The molecule has 0 radical (unpaired) electrons. The highest BCUT2D eigenvalue weighted by Crippen LogP contribution is 2.43. The number of Topliss-reactive ketones (excluding diaryl/α,β-unsaturated/α-hetero) is 1. The molecule has 2 aliphatic rings. The molecule has 7 nitrogen and oxygen atoms in total. The van der Waals surface area contributed by atoms with Crippen LogP contribution in [-0.4, -0.2) is 22.0 Å². The Labute approximate surface area is 155 Å². The third-order valence-electron chi connectivity index (χ3n) is 5.43. The van der Waals surface area contributed by atoms with Crippen molar-refractivity contribution in [2.24, 2.45) is 14.1 Å². The van der Waals surface area contributed by atoms with Crippen LogP contribution in [0.4, 0.5) is 5.82 Å². The minimum absolute atomic E-state index is 0.0399. The Hall–Kier alpha value is -3.09. The topological polar surface area (TPSA) is 82.3 Å². The highest BCUT2D eigenvalue weighted by molar-refractivity contribution is 6.00. The molecule has 0 saturated carbocycles. The summed E-state index contributed by atoms with van der Waals surface area (Å²) in [6.07, 6.45) is 1.93. The number of fused-ring (bicyclic) bond motifs is 1. The molecule has 0 saturated heterocycles. The molecule has 7 heteroatoms. The summed E-state index contributed by atoms with van der Waals surface area (Å²) in [5, 5.41) is 3.21. The Bertz CT molecular complexity index is 1110. The van der Waals surface area contributed by atoms with E-state index in [1.54, 1.807) is 14.2 Å². The van der Waals surface area contributed by atoms with Gasteiger partial charge in [-0.1, -0.05) is 12.1 Å². The molecule has 1 aromatic carbocycles. The van der Waals surface area contributed by atoms with Crippen molar-refractivity contribution in [2.75, 3.05) is 12.4 Å².